The molecule has 1 aliphatic heterocycles. The van der Waals surface area contributed by atoms with Gasteiger partial charge in [0.15, 0.2) is 0 Å². The summed E-state index contributed by atoms with van der Waals surface area (Å²) in [7, 11) is 0. The van der Waals surface area contributed by atoms with Gasteiger partial charge in [-0.05, 0) is 29.8 Å². The number of halogens is 1. The predicted molar refractivity (Wildman–Crippen MR) is 98.3 cm³/mol. The number of thioether (sulfide) groups is 1. The van der Waals surface area contributed by atoms with Crippen molar-refractivity contribution in [1.29, 1.82) is 0 Å². The molecule has 126 valence electrons. The first kappa shape index (κ1) is 17.3. The lowest BCUT2D eigenvalue weighted by atomic mass is 10.2. The minimum Gasteiger partial charge on any atom is -0.339 e. The third-order valence-corrected chi connectivity index (χ3v) is 5.57. The quantitative estimate of drug-likeness (QED) is 0.766. The summed E-state index contributed by atoms with van der Waals surface area (Å²) in [5.74, 6) is 0.622. The maximum absolute atomic E-state index is 12.4. The number of carbonyl (C=O) groups excluding carboxylic acids is 1. The topological polar surface area (TPSA) is 36.4 Å². The van der Waals surface area contributed by atoms with Crippen molar-refractivity contribution in [3.8, 4) is 0 Å². The first-order valence-electron chi connectivity index (χ1n) is 7.99. The van der Waals surface area contributed by atoms with Gasteiger partial charge >= 0.3 is 0 Å². The molecule has 0 radical (unpaired) electrons. The van der Waals surface area contributed by atoms with Crippen molar-refractivity contribution in [1.82, 2.24) is 14.8 Å². The number of amides is 1. The molecule has 0 spiro atoms. The van der Waals surface area contributed by atoms with Crippen molar-refractivity contribution in [3.63, 3.8) is 0 Å². The summed E-state index contributed by atoms with van der Waals surface area (Å²) in [6, 6.07) is 11.7. The van der Waals surface area contributed by atoms with E-state index in [1.54, 1.807) is 0 Å². The van der Waals surface area contributed by atoms with Gasteiger partial charge in [0.2, 0.25) is 5.91 Å². The Bertz CT molecular complexity index is 675. The fourth-order valence-electron chi connectivity index (χ4n) is 2.69. The number of carbonyl (C=O) groups is 1. The van der Waals surface area contributed by atoms with Crippen LogP contribution in [0.4, 0.5) is 0 Å². The standard InChI is InChI=1S/C18H20ClN3OS/c19-16-3-1-2-4-17(16)24-14-18(23)22-11-9-21(10-12-22)13-15-5-7-20-8-6-15/h1-8H,9-14H2. The van der Waals surface area contributed by atoms with Crippen LogP contribution >= 0.6 is 23.4 Å². The lowest BCUT2D eigenvalue weighted by molar-refractivity contribution is -0.130. The maximum atomic E-state index is 12.4. The van der Waals surface area contributed by atoms with E-state index in [-0.39, 0.29) is 5.91 Å². The Labute approximate surface area is 151 Å². The normalized spacial score (nSPS) is 15.5. The maximum Gasteiger partial charge on any atom is 0.233 e. The summed E-state index contributed by atoms with van der Waals surface area (Å²) in [4.78, 5) is 21.7. The first-order chi connectivity index (χ1) is 11.7. The van der Waals surface area contributed by atoms with Crippen LogP contribution in [0, 0.1) is 0 Å². The monoisotopic (exact) mass is 361 g/mol. The van der Waals surface area contributed by atoms with E-state index < -0.39 is 0 Å². The average Bonchev–Trinajstić information content (AvgIpc) is 2.62. The molecule has 3 rings (SSSR count). The predicted octanol–water partition coefficient (Wildman–Crippen LogP) is 3.17. The van der Waals surface area contributed by atoms with E-state index in [0.29, 0.717) is 10.8 Å². The first-order valence-corrected chi connectivity index (χ1v) is 9.35. The van der Waals surface area contributed by atoms with Gasteiger partial charge in [0.05, 0.1) is 10.8 Å². The number of aromatic nitrogens is 1. The van der Waals surface area contributed by atoms with Crippen molar-refractivity contribution in [2.75, 3.05) is 31.9 Å². The molecule has 0 N–H and O–H groups in total. The molecule has 1 saturated heterocycles. The molecule has 0 unspecified atom stereocenters. The fraction of sp³-hybridized carbons (Fsp3) is 0.333. The van der Waals surface area contributed by atoms with E-state index in [1.165, 1.54) is 17.3 Å². The number of nitrogens with zero attached hydrogens (tertiary/aromatic N) is 3. The Morgan fingerprint density at radius 3 is 2.50 bits per heavy atom. The average molecular weight is 362 g/mol. The van der Waals surface area contributed by atoms with E-state index >= 15 is 0 Å². The van der Waals surface area contributed by atoms with Gasteiger partial charge in [-0.15, -0.1) is 11.8 Å². The molecule has 1 aliphatic rings. The second-order valence-electron chi connectivity index (χ2n) is 5.73. The highest BCUT2D eigenvalue weighted by atomic mass is 35.5. The minimum absolute atomic E-state index is 0.184. The third-order valence-electron chi connectivity index (χ3n) is 4.07. The van der Waals surface area contributed by atoms with Crippen molar-refractivity contribution in [2.45, 2.75) is 11.4 Å². The van der Waals surface area contributed by atoms with Gasteiger partial charge in [-0.1, -0.05) is 23.7 Å². The molecule has 6 heteroatoms. The Morgan fingerprint density at radius 2 is 1.79 bits per heavy atom. The fourth-order valence-corrected chi connectivity index (χ4v) is 3.84. The summed E-state index contributed by atoms with van der Waals surface area (Å²) in [5.41, 5.74) is 1.26. The van der Waals surface area contributed by atoms with Crippen LogP contribution in [-0.4, -0.2) is 52.6 Å². The number of pyridine rings is 1. The number of hydrogen-bond acceptors (Lipinski definition) is 4. The molecule has 1 fully saturated rings. The molecular weight excluding hydrogens is 342 g/mol. The van der Waals surface area contributed by atoms with Crippen LogP contribution in [0.15, 0.2) is 53.7 Å². The Kier molecular flexibility index (Phi) is 6.12. The highest BCUT2D eigenvalue weighted by Crippen LogP contribution is 2.26. The largest absolute Gasteiger partial charge is 0.339 e. The SMILES string of the molecule is O=C(CSc1ccccc1Cl)N1CCN(Cc2ccncc2)CC1. The molecule has 0 atom stereocenters. The number of hydrogen-bond donors (Lipinski definition) is 0. The second-order valence-corrected chi connectivity index (χ2v) is 7.16. The van der Waals surface area contributed by atoms with Gasteiger partial charge in [-0.2, -0.15) is 0 Å². The van der Waals surface area contributed by atoms with E-state index in [9.17, 15) is 4.79 Å². The van der Waals surface area contributed by atoms with Gasteiger partial charge in [-0.3, -0.25) is 14.7 Å². The molecule has 24 heavy (non-hydrogen) atoms. The van der Waals surface area contributed by atoms with Crippen molar-refractivity contribution in [3.05, 3.63) is 59.4 Å². The van der Waals surface area contributed by atoms with Crippen LogP contribution in [0.25, 0.3) is 0 Å². The minimum atomic E-state index is 0.184. The van der Waals surface area contributed by atoms with Crippen LogP contribution in [0.2, 0.25) is 5.02 Å². The van der Waals surface area contributed by atoms with E-state index in [0.717, 1.165) is 37.6 Å². The van der Waals surface area contributed by atoms with E-state index in [2.05, 4.69) is 9.88 Å². The molecular formula is C18H20ClN3OS. The molecule has 1 amide bonds. The smallest absolute Gasteiger partial charge is 0.233 e. The van der Waals surface area contributed by atoms with Crippen molar-refractivity contribution in [2.24, 2.45) is 0 Å². The Balaban J connectivity index is 1.44. The summed E-state index contributed by atoms with van der Waals surface area (Å²) in [6.45, 7) is 4.30. The molecule has 0 saturated carbocycles. The van der Waals surface area contributed by atoms with Crippen LogP contribution in [0.1, 0.15) is 5.56 Å². The Morgan fingerprint density at radius 1 is 1.08 bits per heavy atom. The van der Waals surface area contributed by atoms with Crippen LogP contribution in [0.5, 0.6) is 0 Å². The molecule has 0 bridgehead atoms. The van der Waals surface area contributed by atoms with Crippen LogP contribution in [-0.2, 0) is 11.3 Å². The van der Waals surface area contributed by atoms with Gasteiger partial charge in [-0.25, -0.2) is 0 Å². The highest BCUT2D eigenvalue weighted by Gasteiger charge is 2.21. The summed E-state index contributed by atoms with van der Waals surface area (Å²) >= 11 is 7.64. The van der Waals surface area contributed by atoms with Crippen molar-refractivity contribution < 1.29 is 4.79 Å². The van der Waals surface area contributed by atoms with E-state index in [4.69, 9.17) is 11.6 Å². The van der Waals surface area contributed by atoms with Gasteiger partial charge in [0.25, 0.3) is 0 Å². The van der Waals surface area contributed by atoms with Gasteiger partial charge < -0.3 is 4.90 Å². The lowest BCUT2D eigenvalue weighted by Crippen LogP contribution is -2.48. The highest BCUT2D eigenvalue weighted by molar-refractivity contribution is 8.00. The molecule has 0 aliphatic carbocycles. The number of rotatable bonds is 5. The zero-order chi connectivity index (χ0) is 16.8. The summed E-state index contributed by atoms with van der Waals surface area (Å²) in [6.07, 6.45) is 3.64. The van der Waals surface area contributed by atoms with Gasteiger partial charge in [0, 0.05) is 50.0 Å². The molecule has 4 nitrogen and oxygen atoms in total. The molecule has 1 aromatic carbocycles. The molecule has 2 heterocycles. The van der Waals surface area contributed by atoms with E-state index in [1.807, 2.05) is 53.7 Å². The molecule has 1 aromatic heterocycles. The molecule has 2 aromatic rings. The zero-order valence-electron chi connectivity index (χ0n) is 13.4. The lowest BCUT2D eigenvalue weighted by Gasteiger charge is -2.34. The third kappa shape index (κ3) is 4.72. The number of benzene rings is 1. The summed E-state index contributed by atoms with van der Waals surface area (Å²) < 4.78 is 0. The number of piperazine rings is 1. The van der Waals surface area contributed by atoms with Crippen molar-refractivity contribution >= 4 is 29.3 Å². The summed E-state index contributed by atoms with van der Waals surface area (Å²) in [5, 5.41) is 0.706. The Hall–Kier alpha value is -1.56. The zero-order valence-corrected chi connectivity index (χ0v) is 15.0. The second kappa shape index (κ2) is 8.51. The van der Waals surface area contributed by atoms with Crippen LogP contribution in [0.3, 0.4) is 0 Å². The van der Waals surface area contributed by atoms with Gasteiger partial charge in [0.1, 0.15) is 0 Å². The van der Waals surface area contributed by atoms with Crippen LogP contribution < -0.4 is 0 Å².